The van der Waals surface area contributed by atoms with Crippen molar-refractivity contribution in [3.8, 4) is 0 Å². The van der Waals surface area contributed by atoms with E-state index in [1.54, 1.807) is 20.9 Å². The van der Waals surface area contributed by atoms with Crippen LogP contribution in [0.4, 0.5) is 0 Å². The fraction of sp³-hybridized carbons (Fsp3) is 0.929. The summed E-state index contributed by atoms with van der Waals surface area (Å²) in [6, 6.07) is 0. The molecule has 0 aliphatic carbocycles. The van der Waals surface area contributed by atoms with Gasteiger partial charge in [-0.15, -0.1) is 0 Å². The van der Waals surface area contributed by atoms with Crippen molar-refractivity contribution in [2.45, 2.75) is 44.1 Å². The number of rotatable bonds is 3. The molecule has 0 saturated carbocycles. The van der Waals surface area contributed by atoms with Crippen molar-refractivity contribution in [2.24, 2.45) is 4.99 Å². The van der Waals surface area contributed by atoms with Crippen molar-refractivity contribution in [1.29, 1.82) is 0 Å². The molecule has 0 aromatic heterocycles. The van der Waals surface area contributed by atoms with Crippen LogP contribution >= 0.6 is 0 Å². The van der Waals surface area contributed by atoms with E-state index in [0.717, 1.165) is 0 Å². The minimum Gasteiger partial charge on any atom is -0.355 e. The van der Waals surface area contributed by atoms with E-state index in [9.17, 15) is 12.6 Å². The van der Waals surface area contributed by atoms with Gasteiger partial charge in [0.2, 0.25) is 0 Å². The average Bonchev–Trinajstić information content (AvgIpc) is 2.37. The number of aliphatic imine (C=N–C) groups is 1. The van der Waals surface area contributed by atoms with Gasteiger partial charge in [-0.2, -0.15) is 0 Å². The van der Waals surface area contributed by atoms with E-state index in [2.05, 4.69) is 10.3 Å². The van der Waals surface area contributed by atoms with Gasteiger partial charge in [0.25, 0.3) is 0 Å². The summed E-state index contributed by atoms with van der Waals surface area (Å²) in [5, 5.41) is 3.20. The number of guanidine groups is 1. The lowest BCUT2D eigenvalue weighted by atomic mass is 10.2. The maximum absolute atomic E-state index is 12.0. The first-order chi connectivity index (χ1) is 9.90. The van der Waals surface area contributed by atoms with Crippen molar-refractivity contribution >= 4 is 26.6 Å². The van der Waals surface area contributed by atoms with Crippen LogP contribution in [0.1, 0.15) is 34.6 Å². The normalized spacial score (nSPS) is 23.2. The summed E-state index contributed by atoms with van der Waals surface area (Å²) in [4.78, 5) is 6.18. The monoisotopic (exact) mass is 351 g/mol. The molecule has 0 spiro atoms. The molecule has 1 fully saturated rings. The lowest BCUT2D eigenvalue weighted by molar-refractivity contribution is 0.354. The van der Waals surface area contributed by atoms with Gasteiger partial charge in [-0.25, -0.2) is 8.42 Å². The molecule has 0 aromatic carbocycles. The zero-order valence-electron chi connectivity index (χ0n) is 14.5. The minimum absolute atomic E-state index is 0.134. The number of nitrogens with one attached hydrogen (secondary N) is 1. The Hall–Kier alpha value is -0.630. The topological polar surface area (TPSA) is 78.8 Å². The molecular weight excluding hydrogens is 322 g/mol. The van der Waals surface area contributed by atoms with E-state index >= 15 is 0 Å². The average molecular weight is 352 g/mol. The van der Waals surface area contributed by atoms with Crippen LogP contribution in [0.25, 0.3) is 0 Å². The Morgan fingerprint density at radius 1 is 1.36 bits per heavy atom. The summed E-state index contributed by atoms with van der Waals surface area (Å²) in [5.74, 6) is 1.35. The first-order valence-corrected chi connectivity index (χ1v) is 10.4. The van der Waals surface area contributed by atoms with Crippen molar-refractivity contribution in [1.82, 2.24) is 10.2 Å². The Bertz CT molecular complexity index is 548. The Balaban J connectivity index is 2.62. The van der Waals surface area contributed by atoms with Gasteiger partial charge in [-0.1, -0.05) is 0 Å². The molecule has 0 radical (unpaired) electrons. The van der Waals surface area contributed by atoms with Crippen LogP contribution in [0.3, 0.4) is 0 Å². The SMILES string of the molecule is CN=C(NCCS(=O)C(C)(C)C)N1CCS(=O)(=O)C(C)(C)C1. The molecule has 0 bridgehead atoms. The molecular formula is C14H29N3O3S2. The standard InChI is InChI=1S/C14H29N3O3S2/c1-13(2,3)21(18)9-7-16-12(15-6)17-8-10-22(19,20)14(4,5)11-17/h7-11H2,1-6H3,(H,15,16). The molecule has 1 saturated heterocycles. The smallest absolute Gasteiger partial charge is 0.193 e. The largest absolute Gasteiger partial charge is 0.355 e. The van der Waals surface area contributed by atoms with Crippen molar-refractivity contribution in [3.63, 3.8) is 0 Å². The van der Waals surface area contributed by atoms with E-state index < -0.39 is 25.4 Å². The number of sulfone groups is 1. The van der Waals surface area contributed by atoms with Crippen LogP contribution in [0.5, 0.6) is 0 Å². The first kappa shape index (κ1) is 19.4. The number of nitrogens with zero attached hydrogens (tertiary/aromatic N) is 2. The third kappa shape index (κ3) is 4.68. The van der Waals surface area contributed by atoms with E-state index in [4.69, 9.17) is 0 Å². The van der Waals surface area contributed by atoms with Crippen LogP contribution in [-0.4, -0.2) is 71.2 Å². The molecule has 1 unspecified atom stereocenters. The summed E-state index contributed by atoms with van der Waals surface area (Å²) < 4.78 is 35.1. The van der Waals surface area contributed by atoms with Gasteiger partial charge in [0.1, 0.15) is 0 Å². The predicted molar refractivity (Wildman–Crippen MR) is 93.6 cm³/mol. The summed E-state index contributed by atoms with van der Waals surface area (Å²) >= 11 is 0. The maximum atomic E-state index is 12.0. The van der Waals surface area contributed by atoms with Crippen LogP contribution in [0.2, 0.25) is 0 Å². The van der Waals surface area contributed by atoms with Gasteiger partial charge in [0, 0.05) is 48.0 Å². The van der Waals surface area contributed by atoms with Crippen molar-refractivity contribution in [2.75, 3.05) is 38.2 Å². The van der Waals surface area contributed by atoms with Gasteiger partial charge >= 0.3 is 0 Å². The molecule has 1 atom stereocenters. The second kappa shape index (κ2) is 6.86. The van der Waals surface area contributed by atoms with Crippen LogP contribution in [0.15, 0.2) is 4.99 Å². The van der Waals surface area contributed by atoms with Gasteiger partial charge < -0.3 is 10.2 Å². The first-order valence-electron chi connectivity index (χ1n) is 7.47. The molecule has 1 N–H and O–H groups in total. The molecule has 1 heterocycles. The molecule has 22 heavy (non-hydrogen) atoms. The van der Waals surface area contributed by atoms with E-state index in [0.29, 0.717) is 31.3 Å². The molecule has 0 amide bonds. The maximum Gasteiger partial charge on any atom is 0.193 e. The predicted octanol–water partition coefficient (Wildman–Crippen LogP) is 0.618. The third-order valence-corrected chi connectivity index (χ3v) is 8.28. The molecule has 0 aromatic rings. The fourth-order valence-corrected chi connectivity index (χ4v) is 4.48. The van der Waals surface area contributed by atoms with Gasteiger partial charge in [-0.3, -0.25) is 9.20 Å². The van der Waals surface area contributed by atoms with Crippen LogP contribution < -0.4 is 5.32 Å². The summed E-state index contributed by atoms with van der Waals surface area (Å²) in [6.45, 7) is 10.8. The highest BCUT2D eigenvalue weighted by molar-refractivity contribution is 7.92. The zero-order valence-corrected chi connectivity index (χ0v) is 16.1. The quantitative estimate of drug-likeness (QED) is 0.596. The van der Waals surface area contributed by atoms with Crippen molar-refractivity contribution in [3.05, 3.63) is 0 Å². The third-order valence-electron chi connectivity index (χ3n) is 3.81. The summed E-state index contributed by atoms with van der Waals surface area (Å²) in [6.07, 6.45) is 0. The lowest BCUT2D eigenvalue weighted by Gasteiger charge is -2.39. The van der Waals surface area contributed by atoms with E-state index in [1.165, 1.54) is 0 Å². The number of hydrogen-bond donors (Lipinski definition) is 1. The molecule has 1 aliphatic heterocycles. The highest BCUT2D eigenvalue weighted by Gasteiger charge is 2.40. The van der Waals surface area contributed by atoms with Gasteiger partial charge in [-0.05, 0) is 34.6 Å². The molecule has 8 heteroatoms. The van der Waals surface area contributed by atoms with Gasteiger partial charge in [0.15, 0.2) is 15.8 Å². The fourth-order valence-electron chi connectivity index (χ4n) is 2.22. The second-order valence-corrected chi connectivity index (χ2v) is 12.2. The summed E-state index contributed by atoms with van der Waals surface area (Å²) in [7, 11) is -2.30. The molecule has 1 rings (SSSR count). The molecule has 1 aliphatic rings. The highest BCUT2D eigenvalue weighted by Crippen LogP contribution is 2.23. The van der Waals surface area contributed by atoms with Crippen LogP contribution in [-0.2, 0) is 20.6 Å². The Kier molecular flexibility index (Phi) is 6.06. The van der Waals surface area contributed by atoms with Crippen LogP contribution in [0, 0.1) is 0 Å². The lowest BCUT2D eigenvalue weighted by Crippen LogP contribution is -2.57. The highest BCUT2D eigenvalue weighted by atomic mass is 32.2. The second-order valence-electron chi connectivity index (χ2n) is 7.14. The number of hydrogen-bond acceptors (Lipinski definition) is 4. The Morgan fingerprint density at radius 3 is 2.41 bits per heavy atom. The summed E-state index contributed by atoms with van der Waals surface area (Å²) in [5.41, 5.74) is 0. The van der Waals surface area contributed by atoms with Crippen molar-refractivity contribution < 1.29 is 12.6 Å². The molecule has 6 nitrogen and oxygen atoms in total. The Labute approximate surface area is 137 Å². The van der Waals surface area contributed by atoms with E-state index in [-0.39, 0.29) is 10.5 Å². The zero-order chi connectivity index (χ0) is 17.2. The van der Waals surface area contributed by atoms with E-state index in [1.807, 2.05) is 25.7 Å². The van der Waals surface area contributed by atoms with Gasteiger partial charge in [0.05, 0.1) is 10.5 Å². The minimum atomic E-state index is -3.06. The Morgan fingerprint density at radius 2 is 1.95 bits per heavy atom. The molecule has 130 valence electrons.